The smallest absolute Gasteiger partial charge is 0.162 e. The molecule has 0 unspecified atom stereocenters. The molecular formula is C26H27N3Ni. The Kier molecular flexibility index (Phi) is 6.28. The van der Waals surface area contributed by atoms with E-state index >= 15 is 0 Å². The summed E-state index contributed by atoms with van der Waals surface area (Å²) in [6.07, 6.45) is 0. The number of hydrogen-bond acceptors (Lipinski definition) is 2. The molecule has 3 nitrogen and oxygen atoms in total. The van der Waals surface area contributed by atoms with Gasteiger partial charge in [-0.05, 0) is 63.8 Å². The maximum absolute atomic E-state index is 4.98. The number of benzene rings is 3. The van der Waals surface area contributed by atoms with Crippen molar-refractivity contribution in [2.45, 2.75) is 41.5 Å². The fraction of sp³-hybridized carbons (Fsp3) is 0.231. The normalized spacial score (nSPS) is 13.7. The van der Waals surface area contributed by atoms with Crippen LogP contribution in [0.2, 0.25) is 0 Å². The van der Waals surface area contributed by atoms with E-state index in [-0.39, 0.29) is 16.5 Å². The van der Waals surface area contributed by atoms with Crippen LogP contribution in [-0.4, -0.2) is 11.7 Å². The first-order chi connectivity index (χ1) is 13.8. The first kappa shape index (κ1) is 22.0. The summed E-state index contributed by atoms with van der Waals surface area (Å²) in [6.45, 7) is 12.7. The molecule has 0 atom stereocenters. The Bertz CT molecular complexity index is 1140. The fourth-order valence-corrected chi connectivity index (χ4v) is 4.24. The van der Waals surface area contributed by atoms with Gasteiger partial charge >= 0.3 is 0 Å². The van der Waals surface area contributed by atoms with Gasteiger partial charge in [0.15, 0.2) is 5.84 Å². The van der Waals surface area contributed by atoms with Crippen molar-refractivity contribution in [3.63, 3.8) is 0 Å². The third-order valence-corrected chi connectivity index (χ3v) is 5.41. The van der Waals surface area contributed by atoms with E-state index in [1.165, 1.54) is 33.4 Å². The second kappa shape index (κ2) is 8.57. The second-order valence-electron chi connectivity index (χ2n) is 8.09. The van der Waals surface area contributed by atoms with Crippen LogP contribution < -0.4 is 5.32 Å². The molecule has 3 aromatic rings. The number of amidine groups is 2. The summed E-state index contributed by atoms with van der Waals surface area (Å²) in [5.41, 5.74) is 11.6. The van der Waals surface area contributed by atoms with Crippen LogP contribution in [0.3, 0.4) is 0 Å². The summed E-state index contributed by atoms with van der Waals surface area (Å²) in [7, 11) is 0. The Morgan fingerprint density at radius 1 is 0.700 bits per heavy atom. The molecular weight excluding hydrogens is 413 g/mol. The van der Waals surface area contributed by atoms with Crippen LogP contribution in [0.1, 0.15) is 44.5 Å². The zero-order valence-electron chi connectivity index (χ0n) is 18.3. The van der Waals surface area contributed by atoms with E-state index in [1.807, 2.05) is 6.07 Å². The minimum Gasteiger partial charge on any atom is -0.339 e. The molecule has 30 heavy (non-hydrogen) atoms. The molecule has 0 amide bonds. The third kappa shape index (κ3) is 4.11. The molecule has 1 aliphatic rings. The number of hydrogen-bond donors (Lipinski definition) is 1. The molecule has 4 heteroatoms. The van der Waals surface area contributed by atoms with Crippen LogP contribution in [0.25, 0.3) is 0 Å². The summed E-state index contributed by atoms with van der Waals surface area (Å²) in [4.78, 5) is 9.89. The number of fused-ring (bicyclic) bond motifs is 1. The molecule has 0 bridgehead atoms. The molecule has 0 spiro atoms. The topological polar surface area (TPSA) is 36.8 Å². The Morgan fingerprint density at radius 3 is 1.77 bits per heavy atom. The monoisotopic (exact) mass is 439 g/mol. The van der Waals surface area contributed by atoms with Crippen LogP contribution in [-0.2, 0) is 16.5 Å². The Hall–Kier alpha value is -2.71. The van der Waals surface area contributed by atoms with Crippen molar-refractivity contribution in [1.82, 2.24) is 0 Å². The van der Waals surface area contributed by atoms with E-state index in [0.717, 1.165) is 34.2 Å². The van der Waals surface area contributed by atoms with Crippen molar-refractivity contribution in [3.8, 4) is 0 Å². The summed E-state index contributed by atoms with van der Waals surface area (Å²) >= 11 is 0. The van der Waals surface area contributed by atoms with Gasteiger partial charge in [0, 0.05) is 33.3 Å². The number of aliphatic imine (C=N–C) groups is 2. The SMILES string of the molecule is Cc1cc(C)c(N=C2N=C(Nc3c(C)cc(C)cc3C)c3ccccc32)c(C)c1.[Ni]. The van der Waals surface area contributed by atoms with Crippen molar-refractivity contribution in [1.29, 1.82) is 0 Å². The molecule has 0 saturated carbocycles. The molecule has 1 N–H and O–H groups in total. The van der Waals surface area contributed by atoms with Crippen molar-refractivity contribution in [2.24, 2.45) is 9.98 Å². The van der Waals surface area contributed by atoms with Crippen LogP contribution in [0.15, 0.2) is 58.5 Å². The predicted octanol–water partition coefficient (Wildman–Crippen LogP) is 6.49. The second-order valence-corrected chi connectivity index (χ2v) is 8.09. The number of anilines is 1. The quantitative estimate of drug-likeness (QED) is 0.455. The molecule has 3 aromatic carbocycles. The standard InChI is InChI=1S/C26H27N3.Ni/c1-15-11-17(3)23(18(4)12-15)27-25-21-9-7-8-10-22(21)26(29-25)28-24-19(5)13-16(2)14-20(24)6;/h7-14H,1-6H3,(H,27,28,29);. The van der Waals surface area contributed by atoms with E-state index in [1.54, 1.807) is 0 Å². The van der Waals surface area contributed by atoms with E-state index in [2.05, 4.69) is 89.3 Å². The largest absolute Gasteiger partial charge is 0.339 e. The van der Waals surface area contributed by atoms with Crippen molar-refractivity contribution >= 4 is 23.0 Å². The first-order valence-corrected chi connectivity index (χ1v) is 10.0. The van der Waals surface area contributed by atoms with Gasteiger partial charge in [-0.25, -0.2) is 9.98 Å². The molecule has 0 aliphatic carbocycles. The number of nitrogens with one attached hydrogen (secondary N) is 1. The van der Waals surface area contributed by atoms with Gasteiger partial charge in [-0.3, -0.25) is 0 Å². The van der Waals surface area contributed by atoms with Crippen LogP contribution >= 0.6 is 0 Å². The van der Waals surface area contributed by atoms with Crippen molar-refractivity contribution in [2.75, 3.05) is 5.32 Å². The Morgan fingerprint density at radius 2 is 1.20 bits per heavy atom. The van der Waals surface area contributed by atoms with Gasteiger partial charge in [-0.1, -0.05) is 59.7 Å². The van der Waals surface area contributed by atoms with Crippen molar-refractivity contribution < 1.29 is 16.5 Å². The van der Waals surface area contributed by atoms with E-state index < -0.39 is 0 Å². The van der Waals surface area contributed by atoms with E-state index in [0.29, 0.717) is 0 Å². The Balaban J connectivity index is 0.00000256. The minimum absolute atomic E-state index is 0. The zero-order valence-corrected chi connectivity index (χ0v) is 19.3. The molecule has 0 aromatic heterocycles. The average molecular weight is 440 g/mol. The zero-order chi connectivity index (χ0) is 20.7. The summed E-state index contributed by atoms with van der Waals surface area (Å²) < 4.78 is 0. The molecule has 156 valence electrons. The fourth-order valence-electron chi connectivity index (χ4n) is 4.24. The average Bonchev–Trinajstić information content (AvgIpc) is 2.99. The number of rotatable bonds is 2. The van der Waals surface area contributed by atoms with Crippen molar-refractivity contribution in [3.05, 3.63) is 93.0 Å². The molecule has 0 fully saturated rings. The van der Waals surface area contributed by atoms with Gasteiger partial charge < -0.3 is 5.32 Å². The Labute approximate surface area is 189 Å². The van der Waals surface area contributed by atoms with Crippen LogP contribution in [0.4, 0.5) is 11.4 Å². The molecule has 4 rings (SSSR count). The van der Waals surface area contributed by atoms with Gasteiger partial charge in [-0.15, -0.1) is 0 Å². The predicted molar refractivity (Wildman–Crippen MR) is 124 cm³/mol. The summed E-state index contributed by atoms with van der Waals surface area (Å²) in [5, 5.41) is 3.58. The van der Waals surface area contributed by atoms with Gasteiger partial charge in [0.2, 0.25) is 0 Å². The van der Waals surface area contributed by atoms with E-state index in [9.17, 15) is 0 Å². The maximum atomic E-state index is 4.98. The molecule has 1 aliphatic heterocycles. The van der Waals surface area contributed by atoms with Gasteiger partial charge in [-0.2, -0.15) is 0 Å². The molecule has 0 saturated heterocycles. The van der Waals surface area contributed by atoms with Crippen LogP contribution in [0.5, 0.6) is 0 Å². The van der Waals surface area contributed by atoms with Gasteiger partial charge in [0.05, 0.1) is 5.69 Å². The summed E-state index contributed by atoms with van der Waals surface area (Å²) in [5.74, 6) is 1.62. The maximum Gasteiger partial charge on any atom is 0.162 e. The number of nitrogens with zero attached hydrogens (tertiary/aromatic N) is 2. The van der Waals surface area contributed by atoms with Crippen LogP contribution in [0, 0.1) is 41.5 Å². The molecule has 1 heterocycles. The van der Waals surface area contributed by atoms with Gasteiger partial charge in [0.1, 0.15) is 5.84 Å². The van der Waals surface area contributed by atoms with E-state index in [4.69, 9.17) is 9.98 Å². The third-order valence-electron chi connectivity index (χ3n) is 5.41. The molecule has 0 radical (unpaired) electrons. The first-order valence-electron chi connectivity index (χ1n) is 10.0. The summed E-state index contributed by atoms with van der Waals surface area (Å²) in [6, 6.07) is 17.1. The minimum atomic E-state index is 0. The van der Waals surface area contributed by atoms with Gasteiger partial charge in [0.25, 0.3) is 0 Å². The number of aryl methyl sites for hydroxylation is 6.